The number of halogens is 1. The van der Waals surface area contributed by atoms with Crippen molar-refractivity contribution in [2.24, 2.45) is 0 Å². The first-order valence-electron chi connectivity index (χ1n) is 6.07. The quantitative estimate of drug-likeness (QED) is 0.571. The number of nitrogens with zero attached hydrogens (tertiary/aromatic N) is 3. The Morgan fingerprint density at radius 3 is 2.65 bits per heavy atom. The standard InChI is InChI=1S/C10H22N4S2.FH/c1-4-6-13-7-5-8-14(13)10-11-9(12(2)3)15-16-10;/h9-11H,4-8H2,1-3H3;1H. The molecule has 2 fully saturated rings. The fourth-order valence-corrected chi connectivity index (χ4v) is 5.34. The molecule has 0 aliphatic carbocycles. The van der Waals surface area contributed by atoms with Crippen LogP contribution in [0.3, 0.4) is 0 Å². The lowest BCUT2D eigenvalue weighted by Crippen LogP contribution is -3.00. The van der Waals surface area contributed by atoms with E-state index in [0.717, 1.165) is 0 Å². The van der Waals surface area contributed by atoms with Crippen molar-refractivity contribution in [1.82, 2.24) is 14.9 Å². The van der Waals surface area contributed by atoms with Crippen LogP contribution in [0.15, 0.2) is 0 Å². The summed E-state index contributed by atoms with van der Waals surface area (Å²) in [6.07, 6.45) is 2.57. The highest BCUT2D eigenvalue weighted by Crippen LogP contribution is 2.35. The van der Waals surface area contributed by atoms with Gasteiger partial charge in [0.15, 0.2) is 0 Å². The molecule has 2 N–H and O–H groups in total. The lowest BCUT2D eigenvalue weighted by atomic mass is 10.4. The fraction of sp³-hybridized carbons (Fsp3) is 1.00. The lowest BCUT2D eigenvalue weighted by Gasteiger charge is -2.29. The monoisotopic (exact) mass is 282 g/mol. The van der Waals surface area contributed by atoms with E-state index in [1.165, 1.54) is 32.5 Å². The molecule has 102 valence electrons. The van der Waals surface area contributed by atoms with Gasteiger partial charge in [-0.15, -0.1) is 0 Å². The fourth-order valence-electron chi connectivity index (χ4n) is 2.20. The summed E-state index contributed by atoms with van der Waals surface area (Å²) >= 11 is 0. The topological polar surface area (TPSA) is 26.3 Å². The van der Waals surface area contributed by atoms with Crippen molar-refractivity contribution in [3.63, 3.8) is 0 Å². The zero-order valence-electron chi connectivity index (χ0n) is 10.8. The van der Waals surface area contributed by atoms with Gasteiger partial charge in [-0.2, -0.15) is 5.01 Å². The summed E-state index contributed by atoms with van der Waals surface area (Å²) in [5.41, 5.74) is 1.14. The number of hydrogen-bond acceptors (Lipinski definition) is 5. The van der Waals surface area contributed by atoms with Gasteiger partial charge in [0.2, 0.25) is 11.0 Å². The molecule has 2 rings (SSSR count). The first-order valence-corrected chi connectivity index (χ1v) is 8.35. The van der Waals surface area contributed by atoms with Crippen LogP contribution in [0.5, 0.6) is 0 Å². The average Bonchev–Trinajstić information content (AvgIpc) is 2.84. The van der Waals surface area contributed by atoms with Gasteiger partial charge < -0.3 is 4.70 Å². The molecule has 0 saturated carbocycles. The molecule has 0 aromatic heterocycles. The molecule has 2 unspecified atom stereocenters. The van der Waals surface area contributed by atoms with Crippen molar-refractivity contribution in [3.8, 4) is 0 Å². The highest BCUT2D eigenvalue weighted by molar-refractivity contribution is 8.77. The van der Waals surface area contributed by atoms with Crippen LogP contribution in [0.4, 0.5) is 0 Å². The van der Waals surface area contributed by atoms with Gasteiger partial charge in [0.1, 0.15) is 0 Å². The van der Waals surface area contributed by atoms with Gasteiger partial charge in [-0.1, -0.05) is 6.92 Å². The number of hydrazine groups is 1. The molecule has 2 heterocycles. The summed E-state index contributed by atoms with van der Waals surface area (Å²) in [6, 6.07) is 0. The molecule has 0 radical (unpaired) electrons. The van der Waals surface area contributed by atoms with Crippen LogP contribution in [0.1, 0.15) is 19.8 Å². The Bertz CT molecular complexity index is 232. The van der Waals surface area contributed by atoms with Gasteiger partial charge in [-0.3, -0.25) is 10.2 Å². The second kappa shape index (κ2) is 7.16. The molecular formula is C10H23FN4S2. The lowest BCUT2D eigenvalue weighted by molar-refractivity contribution is -0.714. The smallest absolute Gasteiger partial charge is 0.215 e. The summed E-state index contributed by atoms with van der Waals surface area (Å²) < 4.78 is 0. The third kappa shape index (κ3) is 3.71. The summed E-state index contributed by atoms with van der Waals surface area (Å²) in [4.78, 5) is 2.29. The van der Waals surface area contributed by atoms with Gasteiger partial charge >= 0.3 is 0 Å². The first kappa shape index (κ1) is 15.5. The predicted octanol–water partition coefficient (Wildman–Crippen LogP) is -2.59. The Hall–Kier alpha value is 0.470. The third-order valence-corrected chi connectivity index (χ3v) is 6.03. The molecule has 4 nitrogen and oxygen atoms in total. The third-order valence-electron chi connectivity index (χ3n) is 3.03. The average molecular weight is 282 g/mol. The van der Waals surface area contributed by atoms with Crippen LogP contribution in [-0.4, -0.2) is 59.6 Å². The van der Waals surface area contributed by atoms with E-state index in [-0.39, 0.29) is 4.70 Å². The van der Waals surface area contributed by atoms with Gasteiger partial charge in [-0.25, -0.2) is 5.01 Å². The molecule has 0 aromatic carbocycles. The molecule has 0 aromatic rings. The van der Waals surface area contributed by atoms with Gasteiger partial charge in [0.05, 0.1) is 0 Å². The van der Waals surface area contributed by atoms with Crippen molar-refractivity contribution in [2.45, 2.75) is 30.8 Å². The molecule has 7 heteroatoms. The number of rotatable bonds is 4. The van der Waals surface area contributed by atoms with Crippen molar-refractivity contribution in [1.29, 1.82) is 0 Å². The first-order chi connectivity index (χ1) is 7.72. The molecule has 0 bridgehead atoms. The van der Waals surface area contributed by atoms with E-state index in [1.807, 2.05) is 21.6 Å². The molecule has 2 aliphatic rings. The largest absolute Gasteiger partial charge is 1.00 e. The summed E-state index contributed by atoms with van der Waals surface area (Å²) in [6.45, 7) is 5.95. The Kier molecular flexibility index (Phi) is 6.54. The van der Waals surface area contributed by atoms with Crippen LogP contribution in [0.25, 0.3) is 0 Å². The molecule has 0 spiro atoms. The maximum atomic E-state index is 2.56. The Morgan fingerprint density at radius 2 is 2.06 bits per heavy atom. The van der Waals surface area contributed by atoms with Crippen molar-refractivity contribution >= 4 is 21.6 Å². The maximum absolute atomic E-state index is 2.56. The van der Waals surface area contributed by atoms with E-state index in [1.54, 1.807) is 0 Å². The molecule has 2 saturated heterocycles. The summed E-state index contributed by atoms with van der Waals surface area (Å²) in [7, 11) is 8.31. The van der Waals surface area contributed by atoms with E-state index in [2.05, 4.69) is 41.3 Å². The molecule has 17 heavy (non-hydrogen) atoms. The van der Waals surface area contributed by atoms with Gasteiger partial charge in [0.25, 0.3) is 0 Å². The highest BCUT2D eigenvalue weighted by Gasteiger charge is 2.39. The molecule has 0 amide bonds. The number of nitrogens with two attached hydrogens (primary N) is 1. The Morgan fingerprint density at radius 1 is 1.29 bits per heavy atom. The van der Waals surface area contributed by atoms with Gasteiger partial charge in [0, 0.05) is 19.6 Å². The van der Waals surface area contributed by atoms with E-state index in [4.69, 9.17) is 0 Å². The predicted molar refractivity (Wildman–Crippen MR) is 71.6 cm³/mol. The van der Waals surface area contributed by atoms with E-state index < -0.39 is 0 Å². The summed E-state index contributed by atoms with van der Waals surface area (Å²) in [5.74, 6) is 0. The molecular weight excluding hydrogens is 259 g/mol. The van der Waals surface area contributed by atoms with Crippen molar-refractivity contribution < 1.29 is 10.0 Å². The van der Waals surface area contributed by atoms with E-state index in [9.17, 15) is 0 Å². The maximum Gasteiger partial charge on any atom is 0.215 e. The number of quaternary nitrogens is 1. The van der Waals surface area contributed by atoms with E-state index in [0.29, 0.717) is 11.0 Å². The van der Waals surface area contributed by atoms with Crippen molar-refractivity contribution in [2.75, 3.05) is 33.7 Å². The zero-order valence-corrected chi connectivity index (χ0v) is 12.4. The molecule has 2 aliphatic heterocycles. The second-order valence-corrected chi connectivity index (χ2v) is 7.11. The summed E-state index contributed by atoms with van der Waals surface area (Å²) in [5, 5.41) is 7.57. The van der Waals surface area contributed by atoms with Crippen LogP contribution >= 0.6 is 21.6 Å². The second-order valence-electron chi connectivity index (χ2n) is 4.60. The van der Waals surface area contributed by atoms with Gasteiger partial charge in [-0.05, 0) is 48.5 Å². The Labute approximate surface area is 111 Å². The minimum absolute atomic E-state index is 0. The minimum Gasteiger partial charge on any atom is -1.00 e. The SMILES string of the molecule is CCCN1CCCN1C1[NH2+]C(N(C)C)SS1.[F-]. The zero-order chi connectivity index (χ0) is 11.5. The van der Waals surface area contributed by atoms with E-state index >= 15 is 0 Å². The highest BCUT2D eigenvalue weighted by atomic mass is 33.1. The Balaban J connectivity index is 0.00000144. The number of hydrogen-bond donors (Lipinski definition) is 1. The van der Waals surface area contributed by atoms with Crippen LogP contribution < -0.4 is 10.0 Å². The van der Waals surface area contributed by atoms with Crippen LogP contribution in [0, 0.1) is 0 Å². The normalized spacial score (nSPS) is 31.1. The van der Waals surface area contributed by atoms with Crippen LogP contribution in [0.2, 0.25) is 0 Å². The van der Waals surface area contributed by atoms with Crippen molar-refractivity contribution in [3.05, 3.63) is 0 Å². The molecule has 2 atom stereocenters. The van der Waals surface area contributed by atoms with Crippen LogP contribution in [-0.2, 0) is 0 Å². The minimum atomic E-state index is 0.